The fourth-order valence-electron chi connectivity index (χ4n) is 4.46. The van der Waals surface area contributed by atoms with E-state index in [4.69, 9.17) is 4.98 Å². The van der Waals surface area contributed by atoms with E-state index in [-0.39, 0.29) is 0 Å². The Hall–Kier alpha value is -1.37. The van der Waals surface area contributed by atoms with Gasteiger partial charge in [-0.3, -0.25) is 4.98 Å². The molecule has 1 heteroatoms. The third-order valence-corrected chi connectivity index (χ3v) is 6.44. The molecule has 0 saturated heterocycles. The number of benzene rings is 1. The van der Waals surface area contributed by atoms with Gasteiger partial charge in [0.15, 0.2) is 0 Å². The van der Waals surface area contributed by atoms with Crippen molar-refractivity contribution in [3.8, 4) is 0 Å². The van der Waals surface area contributed by atoms with Crippen molar-refractivity contribution in [3.63, 3.8) is 0 Å². The van der Waals surface area contributed by atoms with Gasteiger partial charge < -0.3 is 0 Å². The highest BCUT2D eigenvalue weighted by Gasteiger charge is 1.99. The summed E-state index contributed by atoms with van der Waals surface area (Å²) in [5, 5.41) is 1.25. The van der Waals surface area contributed by atoms with Crippen molar-refractivity contribution in [2.45, 2.75) is 129 Å². The summed E-state index contributed by atoms with van der Waals surface area (Å²) < 4.78 is 0. The second-order valence-corrected chi connectivity index (χ2v) is 9.26. The van der Waals surface area contributed by atoms with E-state index in [9.17, 15) is 0 Å². The lowest BCUT2D eigenvalue weighted by Crippen LogP contribution is -1.91. The van der Waals surface area contributed by atoms with Gasteiger partial charge in [-0.2, -0.15) is 0 Å². The summed E-state index contributed by atoms with van der Waals surface area (Å²) in [6.07, 6.45) is 26.9. The second-order valence-electron chi connectivity index (χ2n) is 9.26. The van der Waals surface area contributed by atoms with E-state index in [1.54, 1.807) is 0 Å². The van der Waals surface area contributed by atoms with Crippen LogP contribution in [0.25, 0.3) is 10.9 Å². The normalized spacial score (nSPS) is 11.4. The standard InChI is InChI=1S/C29H47N/c1-2-3-4-5-6-7-8-9-10-11-12-13-14-15-16-17-18-19-23-28-26-25-27-22-20-21-24-29(27)30-28/h20-22,24-26H,2-19,23H2,1H3. The Balaban J connectivity index is 1.31. The van der Waals surface area contributed by atoms with Gasteiger partial charge in [-0.15, -0.1) is 0 Å². The summed E-state index contributed by atoms with van der Waals surface area (Å²) in [6, 6.07) is 12.8. The molecule has 1 heterocycles. The molecule has 1 nitrogen and oxygen atoms in total. The van der Waals surface area contributed by atoms with Crippen molar-refractivity contribution < 1.29 is 0 Å². The van der Waals surface area contributed by atoms with Crippen LogP contribution in [0.15, 0.2) is 36.4 Å². The summed E-state index contributed by atoms with van der Waals surface area (Å²) >= 11 is 0. The predicted molar refractivity (Wildman–Crippen MR) is 134 cm³/mol. The van der Waals surface area contributed by atoms with Crippen LogP contribution in [-0.4, -0.2) is 4.98 Å². The highest BCUT2D eigenvalue weighted by atomic mass is 14.7. The molecule has 0 spiro atoms. The first-order valence-electron chi connectivity index (χ1n) is 13.2. The third kappa shape index (κ3) is 11.7. The number of pyridine rings is 1. The Labute approximate surface area is 187 Å². The number of fused-ring (bicyclic) bond motifs is 1. The SMILES string of the molecule is CCCCCCCCCCCCCCCCCCCCc1ccc2ccccc2n1. The molecule has 0 amide bonds. The summed E-state index contributed by atoms with van der Waals surface area (Å²) in [5.41, 5.74) is 2.39. The molecule has 2 aromatic rings. The molecular formula is C29H47N. The molecule has 168 valence electrons. The van der Waals surface area contributed by atoms with Crippen LogP contribution in [0.1, 0.15) is 128 Å². The summed E-state index contributed by atoms with van der Waals surface area (Å²) in [7, 11) is 0. The van der Waals surface area contributed by atoms with Gasteiger partial charge in [-0.05, 0) is 25.0 Å². The lowest BCUT2D eigenvalue weighted by molar-refractivity contribution is 0.525. The Kier molecular flexibility index (Phi) is 14.4. The molecule has 0 unspecified atom stereocenters. The first kappa shape index (κ1) is 24.9. The largest absolute Gasteiger partial charge is 0.253 e. The first-order chi connectivity index (χ1) is 14.9. The van der Waals surface area contributed by atoms with Crippen LogP contribution in [-0.2, 0) is 6.42 Å². The van der Waals surface area contributed by atoms with Crippen LogP contribution < -0.4 is 0 Å². The van der Waals surface area contributed by atoms with Gasteiger partial charge in [-0.25, -0.2) is 0 Å². The van der Waals surface area contributed by atoms with Crippen LogP contribution in [0, 0.1) is 0 Å². The van der Waals surface area contributed by atoms with Gasteiger partial charge in [0.2, 0.25) is 0 Å². The van der Waals surface area contributed by atoms with Gasteiger partial charge in [0.1, 0.15) is 0 Å². The van der Waals surface area contributed by atoms with Crippen molar-refractivity contribution in [2.75, 3.05) is 0 Å². The van der Waals surface area contributed by atoms with E-state index in [0.29, 0.717) is 0 Å². The van der Waals surface area contributed by atoms with Crippen LogP contribution >= 0.6 is 0 Å². The Morgan fingerprint density at radius 3 is 1.50 bits per heavy atom. The summed E-state index contributed by atoms with van der Waals surface area (Å²) in [5.74, 6) is 0. The Bertz CT molecular complexity index is 648. The molecule has 0 aliphatic carbocycles. The maximum absolute atomic E-state index is 4.79. The average molecular weight is 410 g/mol. The van der Waals surface area contributed by atoms with E-state index < -0.39 is 0 Å². The number of aryl methyl sites for hydroxylation is 1. The number of nitrogens with zero attached hydrogens (tertiary/aromatic N) is 1. The number of hydrogen-bond donors (Lipinski definition) is 0. The van der Waals surface area contributed by atoms with E-state index in [2.05, 4.69) is 43.3 Å². The predicted octanol–water partition coefficient (Wildman–Crippen LogP) is 9.82. The quantitative estimate of drug-likeness (QED) is 0.210. The lowest BCUT2D eigenvalue weighted by atomic mass is 10.0. The minimum absolute atomic E-state index is 1.13. The van der Waals surface area contributed by atoms with Crippen molar-refractivity contribution in [2.24, 2.45) is 0 Å². The topological polar surface area (TPSA) is 12.9 Å². The van der Waals surface area contributed by atoms with E-state index in [1.165, 1.54) is 127 Å². The number of unbranched alkanes of at least 4 members (excludes halogenated alkanes) is 17. The molecule has 0 aliphatic rings. The Morgan fingerprint density at radius 2 is 0.967 bits per heavy atom. The number of para-hydroxylation sites is 1. The van der Waals surface area contributed by atoms with Gasteiger partial charge in [0.05, 0.1) is 5.52 Å². The molecule has 1 aromatic carbocycles. The molecule has 2 rings (SSSR count). The zero-order valence-electron chi connectivity index (χ0n) is 19.8. The smallest absolute Gasteiger partial charge is 0.0705 e. The fourth-order valence-corrected chi connectivity index (χ4v) is 4.46. The molecular weight excluding hydrogens is 362 g/mol. The van der Waals surface area contributed by atoms with E-state index in [0.717, 1.165) is 11.9 Å². The molecule has 0 aliphatic heterocycles. The van der Waals surface area contributed by atoms with Crippen LogP contribution in [0.2, 0.25) is 0 Å². The van der Waals surface area contributed by atoms with Gasteiger partial charge in [0, 0.05) is 11.1 Å². The monoisotopic (exact) mass is 409 g/mol. The highest BCUT2D eigenvalue weighted by molar-refractivity contribution is 5.78. The molecule has 0 N–H and O–H groups in total. The van der Waals surface area contributed by atoms with Crippen molar-refractivity contribution >= 4 is 10.9 Å². The second kappa shape index (κ2) is 17.3. The molecule has 30 heavy (non-hydrogen) atoms. The fraction of sp³-hybridized carbons (Fsp3) is 0.690. The van der Waals surface area contributed by atoms with Crippen LogP contribution in [0.3, 0.4) is 0 Å². The van der Waals surface area contributed by atoms with Crippen LogP contribution in [0.4, 0.5) is 0 Å². The number of hydrogen-bond acceptors (Lipinski definition) is 1. The summed E-state index contributed by atoms with van der Waals surface area (Å²) in [4.78, 5) is 4.79. The maximum atomic E-state index is 4.79. The van der Waals surface area contributed by atoms with Gasteiger partial charge >= 0.3 is 0 Å². The molecule has 0 saturated carbocycles. The number of aromatic nitrogens is 1. The molecule has 0 atom stereocenters. The van der Waals surface area contributed by atoms with Gasteiger partial charge in [-0.1, -0.05) is 140 Å². The molecule has 0 bridgehead atoms. The zero-order chi connectivity index (χ0) is 21.1. The molecule has 0 fully saturated rings. The zero-order valence-corrected chi connectivity index (χ0v) is 19.8. The van der Waals surface area contributed by atoms with E-state index in [1.807, 2.05) is 0 Å². The first-order valence-corrected chi connectivity index (χ1v) is 13.2. The minimum Gasteiger partial charge on any atom is -0.253 e. The van der Waals surface area contributed by atoms with Gasteiger partial charge in [0.25, 0.3) is 0 Å². The minimum atomic E-state index is 1.13. The van der Waals surface area contributed by atoms with Crippen molar-refractivity contribution in [1.29, 1.82) is 0 Å². The molecule has 0 radical (unpaired) electrons. The average Bonchev–Trinajstić information content (AvgIpc) is 2.78. The highest BCUT2D eigenvalue weighted by Crippen LogP contribution is 2.16. The van der Waals surface area contributed by atoms with Crippen molar-refractivity contribution in [3.05, 3.63) is 42.1 Å². The lowest BCUT2D eigenvalue weighted by Gasteiger charge is -2.05. The maximum Gasteiger partial charge on any atom is 0.0705 e. The van der Waals surface area contributed by atoms with E-state index >= 15 is 0 Å². The summed E-state index contributed by atoms with van der Waals surface area (Å²) in [6.45, 7) is 2.30. The van der Waals surface area contributed by atoms with Crippen LogP contribution in [0.5, 0.6) is 0 Å². The number of rotatable bonds is 19. The third-order valence-electron chi connectivity index (χ3n) is 6.44. The molecule has 1 aromatic heterocycles. The Morgan fingerprint density at radius 1 is 0.500 bits per heavy atom. The van der Waals surface area contributed by atoms with Crippen molar-refractivity contribution in [1.82, 2.24) is 4.98 Å².